The number of quaternary nitrogens is 1. The van der Waals surface area contributed by atoms with E-state index in [9.17, 15) is 19.5 Å². The highest BCUT2D eigenvalue weighted by molar-refractivity contribution is 5.72. The predicted molar refractivity (Wildman–Crippen MR) is 284 cm³/mol. The molecule has 0 aliphatic heterocycles. The molecular formula is C59H100NO7+. The van der Waals surface area contributed by atoms with Crippen LogP contribution in [0.1, 0.15) is 206 Å². The average molecular weight is 935 g/mol. The van der Waals surface area contributed by atoms with Gasteiger partial charge in [-0.15, -0.1) is 0 Å². The summed E-state index contributed by atoms with van der Waals surface area (Å²) in [6, 6.07) is -0.626. The SMILES string of the molecule is CC/C=C/C/C=C/C/C=C/C/C=C/C/C=C/C/C=C/CCCCCCC(=O)OCC(COCCC(C(=O)O)[N+](C)(C)C)OC(=O)CCCCCCCCCCCC/C=C/C=C/CCCCCC. The summed E-state index contributed by atoms with van der Waals surface area (Å²) < 4.78 is 17.3. The van der Waals surface area contributed by atoms with Gasteiger partial charge in [-0.2, -0.15) is 0 Å². The van der Waals surface area contributed by atoms with Gasteiger partial charge in [-0.05, 0) is 89.9 Å². The number of esters is 2. The molecule has 382 valence electrons. The van der Waals surface area contributed by atoms with Gasteiger partial charge in [-0.3, -0.25) is 9.59 Å². The Morgan fingerprint density at radius 3 is 1.33 bits per heavy atom. The Balaban J connectivity index is 4.31. The fourth-order valence-corrected chi connectivity index (χ4v) is 7.38. The lowest BCUT2D eigenvalue weighted by Gasteiger charge is -2.31. The van der Waals surface area contributed by atoms with Crippen LogP contribution in [-0.4, -0.2) is 80.6 Å². The van der Waals surface area contributed by atoms with E-state index in [1.807, 2.05) is 21.1 Å². The van der Waals surface area contributed by atoms with Crippen LogP contribution < -0.4 is 0 Å². The molecule has 0 bridgehead atoms. The van der Waals surface area contributed by atoms with Crippen LogP contribution in [0.2, 0.25) is 0 Å². The second-order valence-corrected chi connectivity index (χ2v) is 18.8. The molecule has 0 rings (SSSR count). The predicted octanol–water partition coefficient (Wildman–Crippen LogP) is 15.8. The van der Waals surface area contributed by atoms with Gasteiger partial charge in [-0.1, -0.05) is 195 Å². The molecule has 0 aliphatic carbocycles. The number of nitrogens with zero attached hydrogens (tertiary/aromatic N) is 1. The van der Waals surface area contributed by atoms with Crippen molar-refractivity contribution in [2.45, 2.75) is 219 Å². The number of carboxylic acids is 1. The third-order valence-electron chi connectivity index (χ3n) is 11.5. The topological polar surface area (TPSA) is 99.1 Å². The Labute approximate surface area is 411 Å². The van der Waals surface area contributed by atoms with E-state index >= 15 is 0 Å². The number of likely N-dealkylation sites (N-methyl/N-ethyl adjacent to an activating group) is 1. The van der Waals surface area contributed by atoms with Crippen LogP contribution in [0.15, 0.2) is 97.2 Å². The molecule has 0 radical (unpaired) electrons. The Hall–Kier alpha value is -3.75. The minimum Gasteiger partial charge on any atom is -0.477 e. The molecule has 2 atom stereocenters. The highest BCUT2D eigenvalue weighted by Crippen LogP contribution is 2.14. The second kappa shape index (κ2) is 48.7. The maximum absolute atomic E-state index is 12.8. The van der Waals surface area contributed by atoms with Gasteiger partial charge < -0.3 is 23.8 Å². The number of carbonyl (C=O) groups excluding carboxylic acids is 2. The minimum absolute atomic E-state index is 0.0460. The highest BCUT2D eigenvalue weighted by atomic mass is 16.6. The number of ether oxygens (including phenoxy) is 3. The van der Waals surface area contributed by atoms with Gasteiger partial charge >= 0.3 is 17.9 Å². The molecule has 0 spiro atoms. The first kappa shape index (κ1) is 63.2. The molecule has 2 unspecified atom stereocenters. The van der Waals surface area contributed by atoms with Gasteiger partial charge in [0, 0.05) is 19.3 Å². The molecule has 0 aromatic heterocycles. The van der Waals surface area contributed by atoms with Crippen molar-refractivity contribution in [2.24, 2.45) is 0 Å². The fourth-order valence-electron chi connectivity index (χ4n) is 7.38. The summed E-state index contributed by atoms with van der Waals surface area (Å²) in [7, 11) is 5.52. The van der Waals surface area contributed by atoms with Crippen LogP contribution >= 0.6 is 0 Å². The van der Waals surface area contributed by atoms with E-state index in [1.165, 1.54) is 83.5 Å². The molecule has 0 amide bonds. The molecular weight excluding hydrogens is 835 g/mol. The van der Waals surface area contributed by atoms with Crippen molar-refractivity contribution >= 4 is 17.9 Å². The molecule has 8 heteroatoms. The van der Waals surface area contributed by atoms with Crippen LogP contribution in [0.25, 0.3) is 0 Å². The van der Waals surface area contributed by atoms with Crippen LogP contribution in [-0.2, 0) is 28.6 Å². The first-order valence-corrected chi connectivity index (χ1v) is 26.8. The van der Waals surface area contributed by atoms with Gasteiger partial charge in [0.15, 0.2) is 12.1 Å². The highest BCUT2D eigenvalue weighted by Gasteiger charge is 2.31. The maximum atomic E-state index is 12.8. The molecule has 1 N–H and O–H groups in total. The summed E-state index contributed by atoms with van der Waals surface area (Å²) in [4.78, 5) is 37.2. The van der Waals surface area contributed by atoms with Gasteiger partial charge in [-0.25, -0.2) is 4.79 Å². The van der Waals surface area contributed by atoms with E-state index < -0.39 is 18.1 Å². The zero-order valence-corrected chi connectivity index (χ0v) is 43.6. The van der Waals surface area contributed by atoms with Crippen molar-refractivity contribution in [1.29, 1.82) is 0 Å². The molecule has 0 fully saturated rings. The quantitative estimate of drug-likeness (QED) is 0.0213. The molecule has 0 aromatic carbocycles. The normalized spacial score (nSPS) is 13.6. The summed E-state index contributed by atoms with van der Waals surface area (Å²) in [5, 5.41) is 9.67. The number of hydrogen-bond acceptors (Lipinski definition) is 6. The minimum atomic E-state index is -0.882. The maximum Gasteiger partial charge on any atom is 0.362 e. The summed E-state index contributed by atoms with van der Waals surface area (Å²) in [6.07, 6.45) is 66.0. The second-order valence-electron chi connectivity index (χ2n) is 18.8. The van der Waals surface area contributed by atoms with E-state index in [2.05, 4.69) is 111 Å². The van der Waals surface area contributed by atoms with Crippen molar-refractivity contribution < 1.29 is 38.2 Å². The Bertz CT molecular complexity index is 1410. The van der Waals surface area contributed by atoms with Gasteiger partial charge in [0.05, 0.1) is 34.4 Å². The van der Waals surface area contributed by atoms with E-state index in [0.29, 0.717) is 19.3 Å². The Morgan fingerprint density at radius 2 is 0.881 bits per heavy atom. The van der Waals surface area contributed by atoms with Crippen LogP contribution in [0.5, 0.6) is 0 Å². The van der Waals surface area contributed by atoms with Crippen molar-refractivity contribution in [3.8, 4) is 0 Å². The van der Waals surface area contributed by atoms with Gasteiger partial charge in [0.1, 0.15) is 6.61 Å². The first-order chi connectivity index (χ1) is 32.6. The molecule has 0 saturated carbocycles. The van der Waals surface area contributed by atoms with Crippen LogP contribution in [0.4, 0.5) is 0 Å². The van der Waals surface area contributed by atoms with Crippen molar-refractivity contribution in [2.75, 3.05) is 41.0 Å². The van der Waals surface area contributed by atoms with Crippen molar-refractivity contribution in [1.82, 2.24) is 0 Å². The Kier molecular flexibility index (Phi) is 46.0. The van der Waals surface area contributed by atoms with Gasteiger partial charge in [0.25, 0.3) is 0 Å². The number of rotatable bonds is 47. The number of allylic oxidation sites excluding steroid dienone is 16. The summed E-state index contributed by atoms with van der Waals surface area (Å²) in [5.41, 5.74) is 0. The zero-order chi connectivity index (χ0) is 49.2. The third kappa shape index (κ3) is 47.1. The molecule has 0 saturated heterocycles. The number of hydrogen-bond donors (Lipinski definition) is 1. The van der Waals surface area contributed by atoms with E-state index in [4.69, 9.17) is 14.2 Å². The van der Waals surface area contributed by atoms with Crippen molar-refractivity contribution in [3.63, 3.8) is 0 Å². The fraction of sp³-hybridized carbons (Fsp3) is 0.678. The first-order valence-electron chi connectivity index (χ1n) is 26.8. The number of unbranched alkanes of at least 4 members (excludes halogenated alkanes) is 18. The van der Waals surface area contributed by atoms with E-state index in [0.717, 1.165) is 89.9 Å². The lowest BCUT2D eigenvalue weighted by molar-refractivity contribution is -0.887. The largest absolute Gasteiger partial charge is 0.477 e. The Morgan fingerprint density at radius 1 is 0.478 bits per heavy atom. The molecule has 0 heterocycles. The molecule has 0 aromatic rings. The van der Waals surface area contributed by atoms with Crippen LogP contribution in [0, 0.1) is 0 Å². The number of carbonyl (C=O) groups is 3. The monoisotopic (exact) mass is 935 g/mol. The molecule has 0 aliphatic rings. The van der Waals surface area contributed by atoms with E-state index in [-0.39, 0.29) is 36.2 Å². The summed E-state index contributed by atoms with van der Waals surface area (Å²) in [5.74, 6) is -1.51. The van der Waals surface area contributed by atoms with Gasteiger partial charge in [0.2, 0.25) is 0 Å². The lowest BCUT2D eigenvalue weighted by atomic mass is 10.1. The smallest absolute Gasteiger partial charge is 0.362 e. The number of carboxylic acid groups (broad SMARTS) is 1. The number of aliphatic carboxylic acids is 1. The molecule has 67 heavy (non-hydrogen) atoms. The molecule has 8 nitrogen and oxygen atoms in total. The van der Waals surface area contributed by atoms with Crippen LogP contribution in [0.3, 0.4) is 0 Å². The standard InChI is InChI=1S/C59H99NO7/c1-6-8-10-12-14-16-18-20-22-24-26-28-29-30-32-33-35-37-39-41-43-45-47-49-57(61)66-54-55(53-65-52-51-56(59(63)64)60(3,4)5)67-58(62)50-48-46-44-42-40-38-36-34-31-27-25-23-21-19-17-15-13-11-9-7-2/h8,10,14,16-17,19-23,26,28,30,32,35,37,55-56H,6-7,9,11-13,15,18,24-25,27,29,31,33-34,36,38-54H2,1-5H3/p+1/b10-8+,16-14+,19-17+,22-20+,23-21+,28-26+,32-30+,37-35+. The van der Waals surface area contributed by atoms with Crippen molar-refractivity contribution in [3.05, 3.63) is 97.2 Å². The lowest BCUT2D eigenvalue weighted by Crippen LogP contribution is -2.50. The van der Waals surface area contributed by atoms with E-state index in [1.54, 1.807) is 0 Å². The summed E-state index contributed by atoms with van der Waals surface area (Å²) in [6.45, 7) is 4.58. The average Bonchev–Trinajstić information content (AvgIpc) is 3.29. The summed E-state index contributed by atoms with van der Waals surface area (Å²) >= 11 is 0. The zero-order valence-electron chi connectivity index (χ0n) is 43.6. The third-order valence-corrected chi connectivity index (χ3v) is 11.5.